The second-order valence-corrected chi connectivity index (χ2v) is 5.41. The quantitative estimate of drug-likeness (QED) is 0.785. The number of carbonyl (C=O) groups is 1. The Morgan fingerprint density at radius 1 is 1.00 bits per heavy atom. The van der Waals surface area contributed by atoms with Gasteiger partial charge in [-0.05, 0) is 44.4 Å². The molecule has 0 saturated carbocycles. The first-order valence-electron chi connectivity index (χ1n) is 5.68. The van der Waals surface area contributed by atoms with Gasteiger partial charge in [-0.15, -0.1) is 0 Å². The minimum atomic E-state index is -0.987. The van der Waals surface area contributed by atoms with Crippen molar-refractivity contribution >= 4 is 6.29 Å². The van der Waals surface area contributed by atoms with Crippen molar-refractivity contribution in [1.82, 2.24) is 0 Å². The topological polar surface area (TPSA) is 57.5 Å². The van der Waals surface area contributed by atoms with Gasteiger partial charge in [0.05, 0.1) is 11.2 Å². The zero-order chi connectivity index (χ0) is 13.3. The van der Waals surface area contributed by atoms with Crippen LogP contribution < -0.4 is 0 Å². The van der Waals surface area contributed by atoms with E-state index in [4.69, 9.17) is 0 Å². The molecule has 0 fully saturated rings. The summed E-state index contributed by atoms with van der Waals surface area (Å²) in [6.07, 6.45) is 1.10. The molecule has 0 spiro atoms. The molecule has 0 aliphatic rings. The van der Waals surface area contributed by atoms with E-state index in [-0.39, 0.29) is 6.42 Å². The van der Waals surface area contributed by atoms with Crippen LogP contribution in [-0.2, 0) is 22.4 Å². The predicted molar refractivity (Wildman–Crippen MR) is 66.7 cm³/mol. The first kappa shape index (κ1) is 13.9. The second kappa shape index (κ2) is 4.59. The molecule has 2 N–H and O–H groups in total. The van der Waals surface area contributed by atoms with E-state index in [2.05, 4.69) is 0 Å². The zero-order valence-electron chi connectivity index (χ0n) is 10.8. The fourth-order valence-corrected chi connectivity index (χ4v) is 1.61. The summed E-state index contributed by atoms with van der Waals surface area (Å²) >= 11 is 0. The molecule has 1 aromatic rings. The van der Waals surface area contributed by atoms with Gasteiger partial charge in [0, 0.05) is 6.42 Å². The van der Waals surface area contributed by atoms with E-state index >= 15 is 0 Å². The summed E-state index contributed by atoms with van der Waals surface area (Å²) in [7, 11) is 0. The van der Waals surface area contributed by atoms with Gasteiger partial charge in [-0.2, -0.15) is 0 Å². The number of aldehydes is 1. The van der Waals surface area contributed by atoms with Crippen LogP contribution in [-0.4, -0.2) is 16.5 Å². The largest absolute Gasteiger partial charge is 0.386 e. The minimum absolute atomic E-state index is 0.285. The highest BCUT2D eigenvalue weighted by Crippen LogP contribution is 2.28. The van der Waals surface area contributed by atoms with Gasteiger partial charge in [0.15, 0.2) is 0 Å². The molecule has 94 valence electrons. The van der Waals surface area contributed by atoms with Crippen molar-refractivity contribution in [2.45, 2.75) is 45.3 Å². The molecular formula is C14H20O3. The zero-order valence-corrected chi connectivity index (χ0v) is 10.8. The summed E-state index contributed by atoms with van der Waals surface area (Å²) in [5.41, 5.74) is 0.234. The lowest BCUT2D eigenvalue weighted by atomic mass is 9.88. The number of carbonyl (C=O) groups excluding carboxylic acids is 1. The first-order valence-corrected chi connectivity index (χ1v) is 5.68. The monoisotopic (exact) mass is 236 g/mol. The van der Waals surface area contributed by atoms with E-state index in [0.717, 1.165) is 11.8 Å². The van der Waals surface area contributed by atoms with Gasteiger partial charge in [-0.1, -0.05) is 18.2 Å². The number of hydrogen-bond acceptors (Lipinski definition) is 3. The Balaban J connectivity index is 3.34. The minimum Gasteiger partial charge on any atom is -0.386 e. The highest BCUT2D eigenvalue weighted by molar-refractivity contribution is 5.56. The molecule has 3 heteroatoms. The van der Waals surface area contributed by atoms with E-state index in [1.54, 1.807) is 45.9 Å². The summed E-state index contributed by atoms with van der Waals surface area (Å²) in [6, 6.07) is 5.36. The molecule has 0 saturated heterocycles. The van der Waals surface area contributed by atoms with Crippen LogP contribution in [0.25, 0.3) is 0 Å². The maximum absolute atomic E-state index is 10.6. The van der Waals surface area contributed by atoms with Crippen LogP contribution in [0, 0.1) is 0 Å². The first-order chi connectivity index (χ1) is 7.64. The fourth-order valence-electron chi connectivity index (χ4n) is 1.61. The highest BCUT2D eigenvalue weighted by Gasteiger charge is 2.22. The molecule has 1 rings (SSSR count). The van der Waals surface area contributed by atoms with E-state index < -0.39 is 11.2 Å². The van der Waals surface area contributed by atoms with Gasteiger partial charge in [0.2, 0.25) is 0 Å². The Bertz CT molecular complexity index is 376. The molecule has 1 aromatic carbocycles. The fraction of sp³-hybridized carbons (Fsp3) is 0.500. The van der Waals surface area contributed by atoms with Gasteiger partial charge < -0.3 is 15.0 Å². The van der Waals surface area contributed by atoms with Crippen LogP contribution >= 0.6 is 0 Å². The molecule has 0 unspecified atom stereocenters. The average Bonchev–Trinajstić information content (AvgIpc) is 2.15. The van der Waals surface area contributed by atoms with Gasteiger partial charge in [0.1, 0.15) is 6.29 Å². The molecule has 0 aromatic heterocycles. The van der Waals surface area contributed by atoms with E-state index in [1.807, 2.05) is 0 Å². The highest BCUT2D eigenvalue weighted by atomic mass is 16.3. The SMILES string of the molecule is CC(C)(O)c1cc(CC=O)cc(C(C)(C)O)c1. The molecule has 0 amide bonds. The van der Waals surface area contributed by atoms with Crippen LogP contribution in [0.2, 0.25) is 0 Å². The molecule has 0 aliphatic heterocycles. The molecule has 17 heavy (non-hydrogen) atoms. The van der Waals surface area contributed by atoms with Crippen LogP contribution in [0.5, 0.6) is 0 Å². The van der Waals surface area contributed by atoms with Crippen LogP contribution in [0.1, 0.15) is 44.4 Å². The van der Waals surface area contributed by atoms with Crippen molar-refractivity contribution in [1.29, 1.82) is 0 Å². The normalized spacial score (nSPS) is 12.6. The smallest absolute Gasteiger partial charge is 0.124 e. The third-order valence-corrected chi connectivity index (χ3v) is 2.72. The van der Waals surface area contributed by atoms with Crippen molar-refractivity contribution in [3.63, 3.8) is 0 Å². The third kappa shape index (κ3) is 3.65. The molecule has 0 heterocycles. The lowest BCUT2D eigenvalue weighted by Crippen LogP contribution is -2.20. The lowest BCUT2D eigenvalue weighted by Gasteiger charge is -2.24. The molecule has 0 radical (unpaired) electrons. The Hall–Kier alpha value is -1.19. The second-order valence-electron chi connectivity index (χ2n) is 5.41. The van der Waals surface area contributed by atoms with E-state index in [1.165, 1.54) is 0 Å². The maximum Gasteiger partial charge on any atom is 0.124 e. The van der Waals surface area contributed by atoms with Crippen molar-refractivity contribution < 1.29 is 15.0 Å². The Morgan fingerprint density at radius 2 is 1.41 bits per heavy atom. The standard InChI is InChI=1S/C14H20O3/c1-13(2,16)11-7-10(5-6-15)8-12(9-11)14(3,4)17/h6-9,16-17H,5H2,1-4H3. The predicted octanol–water partition coefficient (Wildman–Crippen LogP) is 1.88. The summed E-state index contributed by atoms with van der Waals surface area (Å²) in [6.45, 7) is 6.73. The van der Waals surface area contributed by atoms with Crippen molar-refractivity contribution in [2.24, 2.45) is 0 Å². The molecular weight excluding hydrogens is 216 g/mol. The third-order valence-electron chi connectivity index (χ3n) is 2.72. The Morgan fingerprint density at radius 3 is 1.71 bits per heavy atom. The van der Waals surface area contributed by atoms with Crippen LogP contribution in [0.4, 0.5) is 0 Å². The average molecular weight is 236 g/mol. The van der Waals surface area contributed by atoms with Crippen molar-refractivity contribution in [3.8, 4) is 0 Å². The molecule has 0 bridgehead atoms. The van der Waals surface area contributed by atoms with E-state index in [0.29, 0.717) is 11.1 Å². The van der Waals surface area contributed by atoms with Crippen LogP contribution in [0.15, 0.2) is 18.2 Å². The Labute approximate surface area is 102 Å². The van der Waals surface area contributed by atoms with Gasteiger partial charge in [0.25, 0.3) is 0 Å². The van der Waals surface area contributed by atoms with E-state index in [9.17, 15) is 15.0 Å². The number of aliphatic hydroxyl groups is 2. The summed E-state index contributed by atoms with van der Waals surface area (Å²) < 4.78 is 0. The van der Waals surface area contributed by atoms with Crippen molar-refractivity contribution in [3.05, 3.63) is 34.9 Å². The summed E-state index contributed by atoms with van der Waals surface area (Å²) in [5.74, 6) is 0. The lowest BCUT2D eigenvalue weighted by molar-refractivity contribution is -0.107. The maximum atomic E-state index is 10.6. The summed E-state index contributed by atoms with van der Waals surface area (Å²) in [5, 5.41) is 20.0. The van der Waals surface area contributed by atoms with Crippen LogP contribution in [0.3, 0.4) is 0 Å². The molecule has 3 nitrogen and oxygen atoms in total. The van der Waals surface area contributed by atoms with Gasteiger partial charge in [-0.25, -0.2) is 0 Å². The molecule has 0 atom stereocenters. The van der Waals surface area contributed by atoms with Gasteiger partial charge >= 0.3 is 0 Å². The number of rotatable bonds is 4. The Kier molecular flexibility index (Phi) is 3.74. The van der Waals surface area contributed by atoms with Gasteiger partial charge in [-0.3, -0.25) is 0 Å². The molecule has 0 aliphatic carbocycles. The van der Waals surface area contributed by atoms with Crippen molar-refractivity contribution in [2.75, 3.05) is 0 Å². The number of hydrogen-bond donors (Lipinski definition) is 2. The summed E-state index contributed by atoms with van der Waals surface area (Å²) in [4.78, 5) is 10.6. The number of benzene rings is 1.